The minimum absolute atomic E-state index is 0.0854. The average molecular weight is 469 g/mol. The van der Waals surface area contributed by atoms with Gasteiger partial charge in [-0.3, -0.25) is 4.79 Å². The first kappa shape index (κ1) is 23.5. The van der Waals surface area contributed by atoms with E-state index in [9.17, 15) is 10.1 Å². The molecule has 0 fully saturated rings. The van der Waals surface area contributed by atoms with Crippen LogP contribution in [0.25, 0.3) is 12.2 Å². The van der Waals surface area contributed by atoms with Crippen molar-refractivity contribution in [2.24, 2.45) is 0 Å². The maximum Gasteiger partial charge on any atom is 0.266 e. The van der Waals surface area contributed by atoms with Crippen LogP contribution in [0.5, 0.6) is 23.0 Å². The summed E-state index contributed by atoms with van der Waals surface area (Å²) in [6.45, 7) is 1.20. The van der Waals surface area contributed by atoms with Crippen molar-refractivity contribution in [2.45, 2.75) is 0 Å². The maximum absolute atomic E-state index is 12.8. The molecule has 1 N–H and O–H groups in total. The van der Waals surface area contributed by atoms with Crippen LogP contribution in [0.1, 0.15) is 11.1 Å². The fourth-order valence-electron chi connectivity index (χ4n) is 3.47. The first-order valence-corrected chi connectivity index (χ1v) is 11.0. The van der Waals surface area contributed by atoms with Gasteiger partial charge >= 0.3 is 0 Å². The highest BCUT2D eigenvalue weighted by molar-refractivity contribution is 6.10. The molecule has 0 saturated carbocycles. The molecule has 1 aliphatic heterocycles. The largest absolute Gasteiger partial charge is 0.493 e. The second kappa shape index (κ2) is 11.4. The number of carbonyl (C=O) groups excluding carboxylic acids is 1. The number of hydrogen-bond donors (Lipinski definition) is 1. The van der Waals surface area contributed by atoms with Crippen LogP contribution in [0.3, 0.4) is 0 Å². The van der Waals surface area contributed by atoms with E-state index >= 15 is 0 Å². The van der Waals surface area contributed by atoms with Crippen LogP contribution in [0.4, 0.5) is 5.69 Å². The number of methoxy groups -OCH3 is 1. The summed E-state index contributed by atoms with van der Waals surface area (Å²) in [4.78, 5) is 12.8. The third kappa shape index (κ3) is 6.01. The highest BCUT2D eigenvalue weighted by atomic mass is 16.6. The molecule has 7 heteroatoms. The number of hydrogen-bond acceptors (Lipinski definition) is 6. The van der Waals surface area contributed by atoms with Gasteiger partial charge < -0.3 is 24.3 Å². The predicted octanol–water partition coefficient (Wildman–Crippen LogP) is 5.10. The summed E-state index contributed by atoms with van der Waals surface area (Å²) >= 11 is 0. The molecule has 1 heterocycles. The number of para-hydroxylation sites is 1. The van der Waals surface area contributed by atoms with E-state index in [0.717, 1.165) is 5.56 Å². The Bertz CT molecular complexity index is 1290. The van der Waals surface area contributed by atoms with E-state index in [1.807, 2.05) is 48.6 Å². The van der Waals surface area contributed by atoms with Gasteiger partial charge in [-0.05, 0) is 35.9 Å². The van der Waals surface area contributed by atoms with Crippen LogP contribution >= 0.6 is 0 Å². The summed E-state index contributed by atoms with van der Waals surface area (Å²) in [5.41, 5.74) is 2.01. The Morgan fingerprint density at radius 3 is 2.63 bits per heavy atom. The van der Waals surface area contributed by atoms with Gasteiger partial charge in [0.05, 0.1) is 7.11 Å². The van der Waals surface area contributed by atoms with Crippen molar-refractivity contribution in [3.8, 4) is 29.1 Å². The lowest BCUT2D eigenvalue weighted by atomic mass is 10.1. The molecule has 3 aromatic rings. The summed E-state index contributed by atoms with van der Waals surface area (Å²) in [6.07, 6.45) is 5.31. The summed E-state index contributed by atoms with van der Waals surface area (Å²) in [5.74, 6) is 1.54. The van der Waals surface area contributed by atoms with Crippen molar-refractivity contribution >= 4 is 23.7 Å². The number of amides is 1. The van der Waals surface area contributed by atoms with Crippen LogP contribution < -0.4 is 24.3 Å². The first-order valence-electron chi connectivity index (χ1n) is 11.0. The lowest BCUT2D eigenvalue weighted by Gasteiger charge is -2.19. The Hall–Kier alpha value is -4.70. The van der Waals surface area contributed by atoms with Gasteiger partial charge in [0.25, 0.3) is 5.91 Å². The van der Waals surface area contributed by atoms with Gasteiger partial charge in [-0.25, -0.2) is 0 Å². The summed E-state index contributed by atoms with van der Waals surface area (Å²) in [7, 11) is 1.54. The third-order valence-electron chi connectivity index (χ3n) is 5.13. The van der Waals surface area contributed by atoms with E-state index in [2.05, 4.69) is 5.32 Å². The summed E-state index contributed by atoms with van der Waals surface area (Å²) in [6, 6.07) is 22.2. The molecule has 0 saturated heterocycles. The third-order valence-corrected chi connectivity index (χ3v) is 5.13. The first-order chi connectivity index (χ1) is 17.2. The number of carbonyl (C=O) groups is 1. The lowest BCUT2D eigenvalue weighted by Crippen LogP contribution is -2.17. The van der Waals surface area contributed by atoms with E-state index in [0.29, 0.717) is 47.5 Å². The molecule has 7 nitrogen and oxygen atoms in total. The van der Waals surface area contributed by atoms with Crippen LogP contribution in [-0.2, 0) is 4.79 Å². The van der Waals surface area contributed by atoms with Crippen molar-refractivity contribution in [1.29, 1.82) is 5.26 Å². The number of fused-ring (bicyclic) bond motifs is 1. The number of nitriles is 1. The monoisotopic (exact) mass is 468 g/mol. The van der Waals surface area contributed by atoms with E-state index in [-0.39, 0.29) is 12.2 Å². The molecule has 3 aromatic carbocycles. The van der Waals surface area contributed by atoms with Gasteiger partial charge in [-0.2, -0.15) is 5.26 Å². The zero-order valence-electron chi connectivity index (χ0n) is 19.2. The molecule has 1 amide bonds. The number of ether oxygens (including phenoxy) is 4. The molecule has 1 aliphatic rings. The highest BCUT2D eigenvalue weighted by Gasteiger charge is 2.16. The van der Waals surface area contributed by atoms with Crippen molar-refractivity contribution in [3.05, 3.63) is 89.5 Å². The van der Waals surface area contributed by atoms with E-state index in [1.165, 1.54) is 13.2 Å². The maximum atomic E-state index is 12.8. The smallest absolute Gasteiger partial charge is 0.266 e. The second-order valence-corrected chi connectivity index (χ2v) is 7.49. The lowest BCUT2D eigenvalue weighted by molar-refractivity contribution is -0.112. The zero-order chi connectivity index (χ0) is 24.5. The standard InChI is InChI=1S/C28H24N2O5/c1-32-25-11-5-10-21(27(25)35-14-6-9-20-7-3-2-4-8-20)17-22(19-29)28(31)30-23-12-13-24-26(18-23)34-16-15-33-24/h2-13,17-18H,14-16H2,1H3,(H,30,31)/b9-6+,22-17+. The second-order valence-electron chi connectivity index (χ2n) is 7.49. The van der Waals surface area contributed by atoms with Gasteiger partial charge in [0, 0.05) is 17.3 Å². The van der Waals surface area contributed by atoms with Gasteiger partial charge in [-0.15, -0.1) is 0 Å². The van der Waals surface area contributed by atoms with E-state index < -0.39 is 5.91 Å². The number of nitrogens with one attached hydrogen (secondary N) is 1. The molecule has 0 unspecified atom stereocenters. The SMILES string of the molecule is COc1cccc(/C=C(\C#N)C(=O)Nc2ccc3c(c2)OCCO3)c1OC/C=C/c1ccccc1. The zero-order valence-corrected chi connectivity index (χ0v) is 19.2. The van der Waals surface area contributed by atoms with Crippen molar-refractivity contribution in [1.82, 2.24) is 0 Å². The van der Waals surface area contributed by atoms with Gasteiger partial charge in [0.1, 0.15) is 31.5 Å². The Morgan fingerprint density at radius 2 is 1.86 bits per heavy atom. The molecule has 0 bridgehead atoms. The van der Waals surface area contributed by atoms with Crippen LogP contribution in [0.2, 0.25) is 0 Å². The minimum atomic E-state index is -0.554. The molecule has 4 rings (SSSR count). The van der Waals surface area contributed by atoms with Gasteiger partial charge in [0.2, 0.25) is 0 Å². The number of anilines is 1. The molecule has 0 atom stereocenters. The molecule has 35 heavy (non-hydrogen) atoms. The quantitative estimate of drug-likeness (QED) is 0.365. The normalized spacial score (nSPS) is 12.6. The molecular weight excluding hydrogens is 444 g/mol. The van der Waals surface area contributed by atoms with Crippen LogP contribution in [0.15, 0.2) is 78.4 Å². The fourth-order valence-corrected chi connectivity index (χ4v) is 3.47. The Morgan fingerprint density at radius 1 is 1.06 bits per heavy atom. The Labute approximate surface area is 203 Å². The summed E-state index contributed by atoms with van der Waals surface area (Å²) in [5, 5.41) is 12.4. The van der Waals surface area contributed by atoms with Gasteiger partial charge in [-0.1, -0.05) is 48.5 Å². The number of rotatable bonds is 8. The van der Waals surface area contributed by atoms with Crippen molar-refractivity contribution < 1.29 is 23.7 Å². The molecule has 0 spiro atoms. The molecule has 0 aliphatic carbocycles. The van der Waals surface area contributed by atoms with Crippen molar-refractivity contribution in [2.75, 3.05) is 32.2 Å². The van der Waals surface area contributed by atoms with E-state index in [4.69, 9.17) is 18.9 Å². The molecule has 176 valence electrons. The fraction of sp³-hybridized carbons (Fsp3) is 0.143. The highest BCUT2D eigenvalue weighted by Crippen LogP contribution is 2.34. The minimum Gasteiger partial charge on any atom is -0.493 e. The Kier molecular flexibility index (Phi) is 7.66. The number of nitrogens with zero attached hydrogens (tertiary/aromatic N) is 1. The molecular formula is C28H24N2O5. The summed E-state index contributed by atoms with van der Waals surface area (Å²) < 4.78 is 22.4. The predicted molar refractivity (Wildman–Crippen MR) is 134 cm³/mol. The topological polar surface area (TPSA) is 89.8 Å². The van der Waals surface area contributed by atoms with Crippen LogP contribution in [0, 0.1) is 11.3 Å². The molecule has 0 aromatic heterocycles. The van der Waals surface area contributed by atoms with Crippen molar-refractivity contribution in [3.63, 3.8) is 0 Å². The van der Waals surface area contributed by atoms with Gasteiger partial charge in [0.15, 0.2) is 23.0 Å². The molecule has 0 radical (unpaired) electrons. The van der Waals surface area contributed by atoms with E-state index in [1.54, 1.807) is 36.4 Å². The number of benzene rings is 3. The van der Waals surface area contributed by atoms with Crippen LogP contribution in [-0.4, -0.2) is 32.8 Å². The Balaban J connectivity index is 1.52. The average Bonchev–Trinajstić information content (AvgIpc) is 2.90.